The van der Waals surface area contributed by atoms with E-state index < -0.39 is 0 Å². The Balaban J connectivity index is 2.54. The molecule has 0 saturated carbocycles. The lowest BCUT2D eigenvalue weighted by Gasteiger charge is -2.29. The van der Waals surface area contributed by atoms with Crippen LogP contribution in [-0.4, -0.2) is 41.1 Å². The average Bonchev–Trinajstić information content (AvgIpc) is 2.81. The zero-order valence-electron chi connectivity index (χ0n) is 11.1. The minimum atomic E-state index is -0.366. The van der Waals surface area contributed by atoms with E-state index in [1.807, 2.05) is 11.8 Å². The molecule has 1 heterocycles. The summed E-state index contributed by atoms with van der Waals surface area (Å²) >= 11 is 0. The number of likely N-dealkylation sites (tertiary alicyclic amines) is 1. The highest BCUT2D eigenvalue weighted by Gasteiger charge is 2.32. The number of nitrogens with two attached hydrogens (primary N) is 1. The first-order valence-corrected chi connectivity index (χ1v) is 6.78. The van der Waals surface area contributed by atoms with Crippen LogP contribution in [0.3, 0.4) is 0 Å². The predicted octanol–water partition coefficient (Wildman–Crippen LogP) is 1.12. The summed E-state index contributed by atoms with van der Waals surface area (Å²) in [4.78, 5) is 14.2. The Bertz CT molecular complexity index is 246. The van der Waals surface area contributed by atoms with Gasteiger partial charge in [0, 0.05) is 19.2 Å². The summed E-state index contributed by atoms with van der Waals surface area (Å²) in [6, 6.07) is -0.0699. The van der Waals surface area contributed by atoms with Crippen LogP contribution < -0.4 is 5.73 Å². The second-order valence-corrected chi connectivity index (χ2v) is 5.10. The van der Waals surface area contributed by atoms with E-state index >= 15 is 0 Å². The molecule has 0 radical (unpaired) electrons. The van der Waals surface area contributed by atoms with E-state index in [1.165, 1.54) is 0 Å². The number of aliphatic hydroxyl groups is 1. The molecule has 2 unspecified atom stereocenters. The van der Waals surface area contributed by atoms with Crippen LogP contribution in [-0.2, 0) is 4.79 Å². The van der Waals surface area contributed by atoms with Crippen molar-refractivity contribution in [3.63, 3.8) is 0 Å². The van der Waals surface area contributed by atoms with Crippen LogP contribution in [0, 0.1) is 5.92 Å². The van der Waals surface area contributed by atoms with Gasteiger partial charge in [0.1, 0.15) is 0 Å². The van der Waals surface area contributed by atoms with Gasteiger partial charge in [-0.1, -0.05) is 20.3 Å². The topological polar surface area (TPSA) is 66.6 Å². The maximum atomic E-state index is 12.3. The normalized spacial score (nSPS) is 23.8. The van der Waals surface area contributed by atoms with E-state index in [4.69, 9.17) is 10.8 Å². The average molecular weight is 242 g/mol. The van der Waals surface area contributed by atoms with Gasteiger partial charge in [-0.2, -0.15) is 0 Å². The molecule has 3 N–H and O–H groups in total. The fourth-order valence-corrected chi connectivity index (χ4v) is 2.44. The lowest BCUT2D eigenvalue weighted by atomic mass is 9.98. The number of aliphatic hydroxyl groups excluding tert-OH is 1. The second-order valence-electron chi connectivity index (χ2n) is 5.10. The highest BCUT2D eigenvalue weighted by molar-refractivity contribution is 5.82. The highest BCUT2D eigenvalue weighted by atomic mass is 16.3. The Morgan fingerprint density at radius 2 is 2.29 bits per heavy atom. The van der Waals surface area contributed by atoms with Gasteiger partial charge in [0.2, 0.25) is 5.91 Å². The molecule has 1 amide bonds. The van der Waals surface area contributed by atoms with Crippen LogP contribution in [0.15, 0.2) is 0 Å². The monoisotopic (exact) mass is 242 g/mol. The number of carbonyl (C=O) groups is 1. The minimum Gasteiger partial charge on any atom is -0.396 e. The van der Waals surface area contributed by atoms with Crippen LogP contribution in [0.2, 0.25) is 0 Å². The van der Waals surface area contributed by atoms with Gasteiger partial charge >= 0.3 is 0 Å². The quantitative estimate of drug-likeness (QED) is 0.733. The van der Waals surface area contributed by atoms with E-state index in [0.717, 1.165) is 38.6 Å². The van der Waals surface area contributed by atoms with Gasteiger partial charge in [0.15, 0.2) is 0 Å². The molecule has 0 aromatic carbocycles. The molecular weight excluding hydrogens is 216 g/mol. The zero-order chi connectivity index (χ0) is 12.8. The van der Waals surface area contributed by atoms with Gasteiger partial charge in [-0.3, -0.25) is 4.79 Å². The van der Waals surface area contributed by atoms with Crippen LogP contribution in [0.5, 0.6) is 0 Å². The first kappa shape index (κ1) is 14.5. The molecule has 0 aromatic rings. The minimum absolute atomic E-state index is 0.0970. The van der Waals surface area contributed by atoms with Crippen molar-refractivity contribution < 1.29 is 9.90 Å². The molecule has 1 fully saturated rings. The first-order chi connectivity index (χ1) is 8.11. The van der Waals surface area contributed by atoms with Gasteiger partial charge in [-0.05, 0) is 31.6 Å². The SMILES string of the molecule is CCC(C)[C@H](N)C(=O)N1CCCC1CCCO. The molecule has 1 saturated heterocycles. The smallest absolute Gasteiger partial charge is 0.240 e. The number of hydrogen-bond acceptors (Lipinski definition) is 3. The van der Waals surface area contributed by atoms with Crippen molar-refractivity contribution in [2.75, 3.05) is 13.2 Å². The van der Waals surface area contributed by atoms with Crippen molar-refractivity contribution in [2.45, 2.75) is 58.0 Å². The van der Waals surface area contributed by atoms with E-state index in [9.17, 15) is 4.79 Å². The standard InChI is InChI=1S/C13H26N2O2/c1-3-10(2)12(14)13(17)15-8-4-6-11(15)7-5-9-16/h10-12,16H,3-9,14H2,1-2H3/t10?,11?,12-/m0/s1. The second kappa shape index (κ2) is 6.97. The highest BCUT2D eigenvalue weighted by Crippen LogP contribution is 2.23. The van der Waals surface area contributed by atoms with Crippen molar-refractivity contribution in [3.8, 4) is 0 Å². The Kier molecular flexibility index (Phi) is 5.92. The van der Waals surface area contributed by atoms with E-state index in [1.54, 1.807) is 0 Å². The molecular formula is C13H26N2O2. The van der Waals surface area contributed by atoms with Crippen molar-refractivity contribution >= 4 is 5.91 Å². The third-order valence-corrected chi connectivity index (χ3v) is 3.90. The summed E-state index contributed by atoms with van der Waals surface area (Å²) in [5, 5.41) is 8.86. The summed E-state index contributed by atoms with van der Waals surface area (Å²) in [5.74, 6) is 0.335. The van der Waals surface area contributed by atoms with Crippen LogP contribution >= 0.6 is 0 Å². The Morgan fingerprint density at radius 1 is 1.59 bits per heavy atom. The molecule has 1 aliphatic heterocycles. The summed E-state index contributed by atoms with van der Waals surface area (Å²) in [6.07, 6.45) is 4.72. The number of rotatable bonds is 6. The molecule has 100 valence electrons. The Labute approximate surface area is 104 Å². The van der Waals surface area contributed by atoms with Crippen LogP contribution in [0.4, 0.5) is 0 Å². The van der Waals surface area contributed by atoms with Crippen LogP contribution in [0.25, 0.3) is 0 Å². The molecule has 1 rings (SSSR count). The molecule has 0 aliphatic carbocycles. The number of amides is 1. The van der Waals surface area contributed by atoms with Gasteiger partial charge in [-0.15, -0.1) is 0 Å². The first-order valence-electron chi connectivity index (χ1n) is 6.78. The third-order valence-electron chi connectivity index (χ3n) is 3.90. The lowest BCUT2D eigenvalue weighted by Crippen LogP contribution is -2.48. The van der Waals surface area contributed by atoms with E-state index in [2.05, 4.69) is 6.92 Å². The zero-order valence-corrected chi connectivity index (χ0v) is 11.1. The fourth-order valence-electron chi connectivity index (χ4n) is 2.44. The fraction of sp³-hybridized carbons (Fsp3) is 0.923. The van der Waals surface area contributed by atoms with Gasteiger partial charge in [-0.25, -0.2) is 0 Å². The van der Waals surface area contributed by atoms with E-state index in [0.29, 0.717) is 6.04 Å². The molecule has 0 spiro atoms. The maximum absolute atomic E-state index is 12.3. The summed E-state index contributed by atoms with van der Waals surface area (Å²) in [7, 11) is 0. The third kappa shape index (κ3) is 3.68. The lowest BCUT2D eigenvalue weighted by molar-refractivity contribution is -0.134. The molecule has 4 nitrogen and oxygen atoms in total. The van der Waals surface area contributed by atoms with Crippen molar-refractivity contribution in [1.29, 1.82) is 0 Å². The molecule has 0 aromatic heterocycles. The van der Waals surface area contributed by atoms with E-state index in [-0.39, 0.29) is 24.5 Å². The number of nitrogens with zero attached hydrogens (tertiary/aromatic N) is 1. The Hall–Kier alpha value is -0.610. The molecule has 0 bridgehead atoms. The largest absolute Gasteiger partial charge is 0.396 e. The molecule has 17 heavy (non-hydrogen) atoms. The van der Waals surface area contributed by atoms with Gasteiger partial charge in [0.25, 0.3) is 0 Å². The number of carbonyl (C=O) groups excluding carboxylic acids is 1. The summed E-state index contributed by atoms with van der Waals surface area (Å²) < 4.78 is 0. The maximum Gasteiger partial charge on any atom is 0.240 e. The van der Waals surface area contributed by atoms with Gasteiger partial charge in [0.05, 0.1) is 6.04 Å². The predicted molar refractivity (Wildman–Crippen MR) is 68.5 cm³/mol. The molecule has 3 atom stereocenters. The van der Waals surface area contributed by atoms with Crippen molar-refractivity contribution in [2.24, 2.45) is 11.7 Å². The van der Waals surface area contributed by atoms with Crippen LogP contribution in [0.1, 0.15) is 46.0 Å². The molecule has 1 aliphatic rings. The number of hydrogen-bond donors (Lipinski definition) is 2. The summed E-state index contributed by atoms with van der Waals surface area (Å²) in [6.45, 7) is 5.13. The van der Waals surface area contributed by atoms with Gasteiger partial charge < -0.3 is 15.7 Å². The van der Waals surface area contributed by atoms with Crippen molar-refractivity contribution in [3.05, 3.63) is 0 Å². The van der Waals surface area contributed by atoms with Crippen molar-refractivity contribution in [1.82, 2.24) is 4.90 Å². The summed E-state index contributed by atoms with van der Waals surface area (Å²) in [5.41, 5.74) is 6.00. The Morgan fingerprint density at radius 3 is 2.88 bits per heavy atom. The molecule has 4 heteroatoms.